The Morgan fingerprint density at radius 1 is 1.20 bits per heavy atom. The summed E-state index contributed by atoms with van der Waals surface area (Å²) in [6.45, 7) is 8.69. The fourth-order valence-corrected chi connectivity index (χ4v) is 6.74. The summed E-state index contributed by atoms with van der Waals surface area (Å²) >= 11 is 1.17. The van der Waals surface area contributed by atoms with E-state index in [0.29, 0.717) is 21.0 Å². The Morgan fingerprint density at radius 2 is 1.91 bits per heavy atom. The highest BCUT2D eigenvalue weighted by atomic mass is 32.1. The van der Waals surface area contributed by atoms with Crippen LogP contribution >= 0.6 is 11.3 Å². The van der Waals surface area contributed by atoms with E-state index >= 15 is 0 Å². The topological polar surface area (TPSA) is 154 Å². The number of aromatic nitrogens is 5. The van der Waals surface area contributed by atoms with E-state index in [1.165, 1.54) is 40.0 Å². The highest BCUT2D eigenvalue weighted by Gasteiger charge is 2.53. The number of hydrogen-bond donors (Lipinski definition) is 0. The molecule has 1 aliphatic rings. The third-order valence-electron chi connectivity index (χ3n) is 8.00. The van der Waals surface area contributed by atoms with Crippen molar-refractivity contribution in [2.45, 2.75) is 71.7 Å². The first kappa shape index (κ1) is 30.8. The molecule has 44 heavy (non-hydrogen) atoms. The maximum atomic E-state index is 14.4. The van der Waals surface area contributed by atoms with Crippen LogP contribution < -0.4 is 16.0 Å². The van der Waals surface area contributed by atoms with E-state index in [-0.39, 0.29) is 49.2 Å². The average Bonchev–Trinajstić information content (AvgIpc) is 3.65. The third kappa shape index (κ3) is 5.22. The molecule has 0 saturated carbocycles. The minimum Gasteiger partial charge on any atom is -0.426 e. The second-order valence-electron chi connectivity index (χ2n) is 10.9. The monoisotopic (exact) mass is 619 g/mol. The van der Waals surface area contributed by atoms with Gasteiger partial charge in [0.2, 0.25) is 0 Å². The Balaban J connectivity index is 1.74. The van der Waals surface area contributed by atoms with E-state index in [0.717, 1.165) is 11.0 Å². The van der Waals surface area contributed by atoms with Crippen molar-refractivity contribution in [2.24, 2.45) is 0 Å². The second kappa shape index (κ2) is 12.2. The lowest BCUT2D eigenvalue weighted by molar-refractivity contribution is -0.160. The Morgan fingerprint density at radius 3 is 2.55 bits per heavy atom. The number of thiophene rings is 1. The molecule has 4 aromatic rings. The lowest BCUT2D eigenvalue weighted by atomic mass is 9.88. The van der Waals surface area contributed by atoms with Crippen LogP contribution in [0.2, 0.25) is 0 Å². The molecule has 2 unspecified atom stereocenters. The second-order valence-corrected chi connectivity index (χ2v) is 11.9. The molecular formula is C30H33N7O6S. The van der Waals surface area contributed by atoms with Crippen LogP contribution in [0.1, 0.15) is 57.8 Å². The summed E-state index contributed by atoms with van der Waals surface area (Å²) < 4.78 is 14.1. The predicted octanol–water partition coefficient (Wildman–Crippen LogP) is 3.07. The smallest absolute Gasteiger partial charge is 0.333 e. The van der Waals surface area contributed by atoms with Gasteiger partial charge in [0, 0.05) is 24.1 Å². The van der Waals surface area contributed by atoms with Crippen molar-refractivity contribution in [1.82, 2.24) is 29.0 Å². The van der Waals surface area contributed by atoms with Gasteiger partial charge in [-0.1, -0.05) is 36.5 Å². The summed E-state index contributed by atoms with van der Waals surface area (Å²) in [5.74, 6) is -0.594. The van der Waals surface area contributed by atoms with E-state index in [1.807, 2.05) is 19.9 Å². The Hall–Kier alpha value is -4.61. The van der Waals surface area contributed by atoms with Crippen molar-refractivity contribution in [2.75, 3.05) is 13.2 Å². The molecule has 3 atom stereocenters. The van der Waals surface area contributed by atoms with E-state index in [1.54, 1.807) is 43.0 Å². The largest absolute Gasteiger partial charge is 0.426 e. The minimum absolute atomic E-state index is 0.0408. The maximum Gasteiger partial charge on any atom is 0.333 e. The van der Waals surface area contributed by atoms with Crippen LogP contribution in [0.25, 0.3) is 15.2 Å². The molecule has 5 rings (SSSR count). The number of likely N-dealkylation sites (tertiary alicyclic amines) is 1. The van der Waals surface area contributed by atoms with Crippen molar-refractivity contribution in [1.29, 1.82) is 5.26 Å². The summed E-state index contributed by atoms with van der Waals surface area (Å²) in [5.41, 5.74) is -1.60. The molecule has 1 fully saturated rings. The summed E-state index contributed by atoms with van der Waals surface area (Å²) in [6.07, 6.45) is 2.98. The van der Waals surface area contributed by atoms with Gasteiger partial charge in [0.15, 0.2) is 0 Å². The van der Waals surface area contributed by atoms with Gasteiger partial charge >= 0.3 is 11.7 Å². The van der Waals surface area contributed by atoms with Crippen molar-refractivity contribution in [3.63, 3.8) is 0 Å². The highest BCUT2D eigenvalue weighted by Crippen LogP contribution is 2.36. The summed E-state index contributed by atoms with van der Waals surface area (Å²) in [4.78, 5) is 57.5. The normalized spacial score (nSPS) is 17.7. The number of nitriles is 1. The lowest BCUT2D eigenvalue weighted by Crippen LogP contribution is -2.72. The number of aryl methyl sites for hydroxylation is 1. The first-order valence-corrected chi connectivity index (χ1v) is 15.1. The van der Waals surface area contributed by atoms with Gasteiger partial charge in [0.05, 0.1) is 50.0 Å². The van der Waals surface area contributed by atoms with Crippen LogP contribution in [-0.4, -0.2) is 60.1 Å². The molecule has 1 amide bonds. The molecule has 3 aromatic heterocycles. The first-order chi connectivity index (χ1) is 21.0. The average molecular weight is 620 g/mol. The van der Waals surface area contributed by atoms with Gasteiger partial charge in [-0.25, -0.2) is 9.36 Å². The Kier molecular flexibility index (Phi) is 8.53. The predicted molar refractivity (Wildman–Crippen MR) is 162 cm³/mol. The highest BCUT2D eigenvalue weighted by molar-refractivity contribution is 7.21. The molecule has 1 aliphatic heterocycles. The number of benzene rings is 1. The number of hydrogen-bond acceptors (Lipinski definition) is 10. The van der Waals surface area contributed by atoms with Crippen LogP contribution in [0.15, 0.2) is 46.2 Å². The number of rotatable bonds is 11. The zero-order chi connectivity index (χ0) is 31.8. The van der Waals surface area contributed by atoms with Crippen LogP contribution in [0.4, 0.5) is 0 Å². The van der Waals surface area contributed by atoms with Gasteiger partial charge < -0.3 is 14.4 Å². The van der Waals surface area contributed by atoms with Gasteiger partial charge in [0.25, 0.3) is 11.5 Å². The maximum absolute atomic E-state index is 14.4. The van der Waals surface area contributed by atoms with E-state index in [9.17, 15) is 24.4 Å². The molecule has 0 bridgehead atoms. The zero-order valence-electron chi connectivity index (χ0n) is 25.1. The molecule has 13 nitrogen and oxygen atoms in total. The van der Waals surface area contributed by atoms with E-state index < -0.39 is 28.9 Å². The molecule has 0 N–H and O–H groups in total. The molecule has 1 aromatic carbocycles. The Labute approximate surface area is 256 Å². The number of fused-ring (bicyclic) bond motifs is 1. The molecule has 230 valence electrons. The molecule has 14 heteroatoms. The van der Waals surface area contributed by atoms with Crippen LogP contribution in [-0.2, 0) is 26.4 Å². The first-order valence-electron chi connectivity index (χ1n) is 14.3. The summed E-state index contributed by atoms with van der Waals surface area (Å²) in [6, 6.07) is 8.78. The molecule has 0 spiro atoms. The lowest BCUT2D eigenvalue weighted by Gasteiger charge is -2.49. The van der Waals surface area contributed by atoms with E-state index in [2.05, 4.69) is 10.2 Å². The van der Waals surface area contributed by atoms with Crippen LogP contribution in [0.5, 0.6) is 5.75 Å². The third-order valence-corrected chi connectivity index (χ3v) is 9.29. The van der Waals surface area contributed by atoms with E-state index in [4.69, 9.17) is 9.47 Å². The van der Waals surface area contributed by atoms with Gasteiger partial charge in [-0.3, -0.25) is 19.0 Å². The van der Waals surface area contributed by atoms with Gasteiger partial charge in [-0.2, -0.15) is 15.5 Å². The SMILES string of the molecule is CCC(C)N1CC(C)(n2c(=O)c3c(C)c(-n4nccn4)sc3n(C[C@H](OCCC#N)c3ccccc3OC(C)=O)c2=O)C1=O. The number of esters is 1. The number of carbonyl (C=O) groups is 2. The van der Waals surface area contributed by atoms with Crippen molar-refractivity contribution < 1.29 is 19.1 Å². The standard InChI is InChI=1S/C30H33N7O6S/c1-6-18(2)35-17-30(5,28(35)40)36-25(39)24-19(3)26(37-32-13-14-33-37)44-27(24)34(29(36)41)16-23(42-15-9-12-31)21-10-7-8-11-22(21)43-20(4)38/h7-8,10-11,13-14,18,23H,6,9,15-17H2,1-5H3/t18?,23-,30?/m0/s1. The zero-order valence-corrected chi connectivity index (χ0v) is 26.0. The number of para-hydroxylation sites is 1. The van der Waals surface area contributed by atoms with Crippen LogP contribution in [0.3, 0.4) is 0 Å². The van der Waals surface area contributed by atoms with Gasteiger partial charge in [0.1, 0.15) is 27.2 Å². The number of β-lactam (4-membered cyclic amide) rings is 1. The number of carbonyl (C=O) groups excluding carboxylic acids is 2. The molecule has 0 radical (unpaired) electrons. The Bertz CT molecular complexity index is 1890. The van der Waals surface area contributed by atoms with Gasteiger partial charge in [-0.15, -0.1) is 4.80 Å². The number of ether oxygens (including phenoxy) is 2. The van der Waals surface area contributed by atoms with Crippen molar-refractivity contribution in [3.8, 4) is 16.8 Å². The van der Waals surface area contributed by atoms with Crippen molar-refractivity contribution in [3.05, 3.63) is 68.6 Å². The minimum atomic E-state index is -1.39. The quantitative estimate of drug-likeness (QED) is 0.107. The van der Waals surface area contributed by atoms with Gasteiger partial charge in [-0.05, 0) is 33.3 Å². The fourth-order valence-electron chi connectivity index (χ4n) is 5.52. The van der Waals surface area contributed by atoms with Crippen molar-refractivity contribution >= 4 is 33.4 Å². The number of nitrogens with zero attached hydrogens (tertiary/aromatic N) is 7. The molecular weight excluding hydrogens is 586 g/mol. The number of amides is 1. The van der Waals surface area contributed by atoms with Crippen LogP contribution in [0, 0.1) is 18.3 Å². The molecule has 0 aliphatic carbocycles. The molecule has 1 saturated heterocycles. The summed E-state index contributed by atoms with van der Waals surface area (Å²) in [5, 5.41) is 18.4. The fraction of sp³-hybridized carbons (Fsp3) is 0.433. The molecule has 4 heterocycles. The summed E-state index contributed by atoms with van der Waals surface area (Å²) in [7, 11) is 0.